The van der Waals surface area contributed by atoms with Crippen LogP contribution in [-0.2, 0) is 27.4 Å². The normalized spacial score (nSPS) is 13.6. The number of aliphatic carboxylic acids is 1. The van der Waals surface area contributed by atoms with Gasteiger partial charge in [0, 0.05) is 9.99 Å². The summed E-state index contributed by atoms with van der Waals surface area (Å²) in [6, 6.07) is 13.6. The van der Waals surface area contributed by atoms with Crippen molar-refractivity contribution in [3.63, 3.8) is 0 Å². The molecule has 0 unspecified atom stereocenters. The molecule has 0 bridgehead atoms. The van der Waals surface area contributed by atoms with Crippen LogP contribution in [0.1, 0.15) is 18.1 Å². The van der Waals surface area contributed by atoms with Gasteiger partial charge in [-0.15, -0.1) is 0 Å². The maximum atomic E-state index is 12.5. The van der Waals surface area contributed by atoms with Gasteiger partial charge in [-0.25, -0.2) is 9.59 Å². The number of benzene rings is 2. The van der Waals surface area contributed by atoms with E-state index in [0.717, 1.165) is 14.7 Å². The highest BCUT2D eigenvalue weighted by atomic mass is 127. The number of carboxylic acid groups (broad SMARTS) is 1. The minimum absolute atomic E-state index is 0.00855. The van der Waals surface area contributed by atoms with Gasteiger partial charge in [-0.05, 0) is 52.8 Å². The van der Waals surface area contributed by atoms with Gasteiger partial charge in [0.15, 0.2) is 0 Å². The number of carbonyl (C=O) groups excluding carboxylic acids is 2. The number of rotatable bonds is 9. The van der Waals surface area contributed by atoms with Crippen LogP contribution in [0, 0.1) is 3.57 Å². The highest BCUT2D eigenvalue weighted by molar-refractivity contribution is 14.1. The average Bonchev–Trinajstić information content (AvgIpc) is 2.71. The van der Waals surface area contributed by atoms with Crippen LogP contribution in [-0.4, -0.2) is 46.4 Å². The third kappa shape index (κ3) is 7.64. The molecule has 2 aromatic rings. The summed E-state index contributed by atoms with van der Waals surface area (Å²) in [5, 5.41) is 24.0. The maximum Gasteiger partial charge on any atom is 0.408 e. The Bertz CT molecular complexity index is 858. The molecule has 0 radical (unpaired) electrons. The van der Waals surface area contributed by atoms with Crippen LogP contribution >= 0.6 is 22.6 Å². The monoisotopic (exact) mass is 526 g/mol. The number of hydrogen-bond donors (Lipinski definition) is 4. The third-order valence-corrected chi connectivity index (χ3v) is 4.94. The molecular formula is C21H23IN2O6. The van der Waals surface area contributed by atoms with Crippen LogP contribution in [0.25, 0.3) is 0 Å². The zero-order chi connectivity index (χ0) is 22.1. The maximum absolute atomic E-state index is 12.5. The number of amides is 2. The van der Waals surface area contributed by atoms with Gasteiger partial charge in [-0.1, -0.05) is 42.5 Å². The van der Waals surface area contributed by atoms with Crippen molar-refractivity contribution in [2.45, 2.75) is 38.1 Å². The first-order chi connectivity index (χ1) is 14.3. The van der Waals surface area contributed by atoms with Crippen LogP contribution in [0.2, 0.25) is 0 Å². The Labute approximate surface area is 187 Å². The molecule has 0 aromatic heterocycles. The Morgan fingerprint density at radius 2 is 1.63 bits per heavy atom. The van der Waals surface area contributed by atoms with E-state index < -0.39 is 36.2 Å². The summed E-state index contributed by atoms with van der Waals surface area (Å²) in [4.78, 5) is 36.2. The number of carbonyl (C=O) groups is 3. The van der Waals surface area contributed by atoms with E-state index in [1.54, 1.807) is 36.4 Å². The van der Waals surface area contributed by atoms with Crippen LogP contribution in [0.15, 0.2) is 54.6 Å². The molecule has 0 heterocycles. The van der Waals surface area contributed by atoms with Crippen molar-refractivity contribution in [1.29, 1.82) is 0 Å². The van der Waals surface area contributed by atoms with Crippen molar-refractivity contribution >= 4 is 40.6 Å². The average molecular weight is 526 g/mol. The third-order valence-electron chi connectivity index (χ3n) is 4.22. The lowest BCUT2D eigenvalue weighted by molar-refractivity contribution is -0.142. The molecule has 8 nitrogen and oxygen atoms in total. The number of ether oxygens (including phenoxy) is 1. The number of aliphatic hydroxyl groups is 1. The van der Waals surface area contributed by atoms with Gasteiger partial charge in [0.05, 0.1) is 6.10 Å². The summed E-state index contributed by atoms with van der Waals surface area (Å²) in [7, 11) is 0. The molecule has 0 aliphatic heterocycles. The number of halogens is 1. The van der Waals surface area contributed by atoms with E-state index in [-0.39, 0.29) is 13.0 Å². The Hall–Kier alpha value is -2.66. The molecule has 0 saturated carbocycles. The zero-order valence-electron chi connectivity index (χ0n) is 16.2. The number of nitrogens with one attached hydrogen (secondary N) is 2. The standard InChI is InChI=1S/C21H23IN2O6/c1-13(25)18(24-21(29)30-12-15-5-3-2-4-6-15)19(26)23-17(20(27)28)11-14-7-9-16(22)10-8-14/h2-10,13,17-18,25H,11-12H2,1H3,(H,23,26)(H,24,29)(H,27,28)/t13-,17+,18+/m1/s1. The first kappa shape index (κ1) is 23.6. The molecule has 2 amide bonds. The molecule has 160 valence electrons. The molecule has 0 aliphatic carbocycles. The molecule has 0 aliphatic rings. The molecule has 0 fully saturated rings. The van der Waals surface area contributed by atoms with E-state index in [2.05, 4.69) is 33.2 Å². The second-order valence-corrected chi connectivity index (χ2v) is 7.90. The summed E-state index contributed by atoms with van der Waals surface area (Å²) in [5.74, 6) is -2.04. The predicted molar refractivity (Wildman–Crippen MR) is 118 cm³/mol. The van der Waals surface area contributed by atoms with Gasteiger partial charge in [-0.2, -0.15) is 0 Å². The molecule has 3 atom stereocenters. The van der Waals surface area contributed by atoms with Crippen LogP contribution < -0.4 is 10.6 Å². The van der Waals surface area contributed by atoms with Gasteiger partial charge < -0.3 is 25.6 Å². The Kier molecular flexibility index (Phi) is 9.06. The van der Waals surface area contributed by atoms with Crippen molar-refractivity contribution in [1.82, 2.24) is 10.6 Å². The Morgan fingerprint density at radius 3 is 2.20 bits per heavy atom. The summed E-state index contributed by atoms with van der Waals surface area (Å²) in [6.07, 6.45) is -2.10. The SMILES string of the molecule is C[C@@H](O)[C@H](NC(=O)OCc1ccccc1)C(=O)N[C@@H](Cc1ccc(I)cc1)C(=O)O. The molecule has 0 spiro atoms. The number of hydrogen-bond acceptors (Lipinski definition) is 5. The quantitative estimate of drug-likeness (QED) is 0.371. The summed E-state index contributed by atoms with van der Waals surface area (Å²) < 4.78 is 6.06. The van der Waals surface area contributed by atoms with Crippen molar-refractivity contribution in [3.05, 3.63) is 69.3 Å². The van der Waals surface area contributed by atoms with E-state index in [1.165, 1.54) is 6.92 Å². The van der Waals surface area contributed by atoms with Crippen molar-refractivity contribution in [2.75, 3.05) is 0 Å². The minimum atomic E-state index is -1.37. The smallest absolute Gasteiger partial charge is 0.408 e. The number of aliphatic hydroxyl groups excluding tert-OH is 1. The van der Waals surface area contributed by atoms with Crippen LogP contribution in [0.5, 0.6) is 0 Å². The van der Waals surface area contributed by atoms with Crippen molar-refractivity contribution in [2.24, 2.45) is 0 Å². The molecule has 2 rings (SSSR count). The van der Waals surface area contributed by atoms with Gasteiger partial charge in [0.25, 0.3) is 0 Å². The van der Waals surface area contributed by atoms with Gasteiger partial charge in [-0.3, -0.25) is 4.79 Å². The van der Waals surface area contributed by atoms with Gasteiger partial charge in [0.1, 0.15) is 18.7 Å². The fourth-order valence-corrected chi connectivity index (χ4v) is 2.97. The van der Waals surface area contributed by atoms with E-state index in [1.807, 2.05) is 18.2 Å². The molecule has 2 aromatic carbocycles. The largest absolute Gasteiger partial charge is 0.480 e. The number of alkyl carbamates (subject to hydrolysis) is 1. The lowest BCUT2D eigenvalue weighted by atomic mass is 10.0. The summed E-state index contributed by atoms with van der Waals surface area (Å²) in [5.41, 5.74) is 1.49. The van der Waals surface area contributed by atoms with Gasteiger partial charge in [0.2, 0.25) is 5.91 Å². The number of carboxylic acids is 1. The second-order valence-electron chi connectivity index (χ2n) is 6.65. The van der Waals surface area contributed by atoms with E-state index in [0.29, 0.717) is 0 Å². The highest BCUT2D eigenvalue weighted by Crippen LogP contribution is 2.10. The summed E-state index contributed by atoms with van der Waals surface area (Å²) in [6.45, 7) is 1.31. The van der Waals surface area contributed by atoms with E-state index >= 15 is 0 Å². The van der Waals surface area contributed by atoms with Crippen LogP contribution in [0.4, 0.5) is 4.79 Å². The molecular weight excluding hydrogens is 503 g/mol. The lowest BCUT2D eigenvalue weighted by Crippen LogP contribution is -2.56. The molecule has 4 N–H and O–H groups in total. The van der Waals surface area contributed by atoms with Crippen molar-refractivity contribution in [3.8, 4) is 0 Å². The molecule has 30 heavy (non-hydrogen) atoms. The summed E-state index contributed by atoms with van der Waals surface area (Å²) >= 11 is 2.13. The minimum Gasteiger partial charge on any atom is -0.480 e. The first-order valence-corrected chi connectivity index (χ1v) is 10.3. The Morgan fingerprint density at radius 1 is 1.00 bits per heavy atom. The van der Waals surface area contributed by atoms with Gasteiger partial charge >= 0.3 is 12.1 Å². The van der Waals surface area contributed by atoms with E-state index in [9.17, 15) is 24.6 Å². The Balaban J connectivity index is 1.97. The zero-order valence-corrected chi connectivity index (χ0v) is 18.4. The van der Waals surface area contributed by atoms with E-state index in [4.69, 9.17) is 4.74 Å². The van der Waals surface area contributed by atoms with Crippen LogP contribution in [0.3, 0.4) is 0 Å². The topological polar surface area (TPSA) is 125 Å². The fraction of sp³-hybridized carbons (Fsp3) is 0.286. The van der Waals surface area contributed by atoms with Crippen molar-refractivity contribution < 1.29 is 29.3 Å². The highest BCUT2D eigenvalue weighted by Gasteiger charge is 2.30. The fourth-order valence-electron chi connectivity index (χ4n) is 2.61. The first-order valence-electron chi connectivity index (χ1n) is 9.19. The molecule has 9 heteroatoms. The predicted octanol–water partition coefficient (Wildman–Crippen LogP) is 2.08. The second kappa shape index (κ2) is 11.5. The molecule has 0 saturated heterocycles. The lowest BCUT2D eigenvalue weighted by Gasteiger charge is -2.23.